The van der Waals surface area contributed by atoms with Crippen molar-refractivity contribution in [3.63, 3.8) is 0 Å². The summed E-state index contributed by atoms with van der Waals surface area (Å²) in [6, 6.07) is 9.62. The number of furan rings is 1. The van der Waals surface area contributed by atoms with Gasteiger partial charge in [-0.15, -0.1) is 0 Å². The van der Waals surface area contributed by atoms with E-state index in [1.807, 2.05) is 30.3 Å². The quantitative estimate of drug-likeness (QED) is 0.803. The number of rotatable bonds is 3. The number of hydrogen-bond donors (Lipinski definition) is 0. The molecule has 0 fully saturated rings. The molecule has 0 atom stereocenters. The lowest BCUT2D eigenvalue weighted by Gasteiger charge is -2.03. The molecular formula is C13H11BrO3. The third-order valence-corrected chi connectivity index (χ3v) is 2.85. The Morgan fingerprint density at radius 3 is 2.71 bits per heavy atom. The van der Waals surface area contributed by atoms with E-state index >= 15 is 0 Å². The van der Waals surface area contributed by atoms with Crippen molar-refractivity contribution in [2.75, 3.05) is 0 Å². The fraction of sp³-hybridized carbons (Fsp3) is 0.154. The van der Waals surface area contributed by atoms with Gasteiger partial charge in [-0.1, -0.05) is 37.3 Å². The SMILES string of the molecule is CCC(=O)Oc1occ(Br)c1-c1ccccc1. The van der Waals surface area contributed by atoms with Crippen LogP contribution in [0.4, 0.5) is 0 Å². The maximum atomic E-state index is 11.3. The van der Waals surface area contributed by atoms with E-state index in [-0.39, 0.29) is 11.9 Å². The first-order chi connectivity index (χ1) is 8.22. The molecule has 3 nitrogen and oxygen atoms in total. The van der Waals surface area contributed by atoms with Crippen molar-refractivity contribution in [3.05, 3.63) is 41.1 Å². The molecule has 2 rings (SSSR count). The lowest BCUT2D eigenvalue weighted by atomic mass is 10.1. The third-order valence-electron chi connectivity index (χ3n) is 2.27. The van der Waals surface area contributed by atoms with Crippen LogP contribution in [0.1, 0.15) is 13.3 Å². The van der Waals surface area contributed by atoms with E-state index in [9.17, 15) is 4.79 Å². The largest absolute Gasteiger partial charge is 0.432 e. The molecule has 0 amide bonds. The number of esters is 1. The number of hydrogen-bond acceptors (Lipinski definition) is 3. The maximum Gasteiger partial charge on any atom is 0.313 e. The minimum Gasteiger partial charge on any atom is -0.432 e. The monoisotopic (exact) mass is 294 g/mol. The molecule has 0 aliphatic heterocycles. The van der Waals surface area contributed by atoms with Gasteiger partial charge in [0.15, 0.2) is 0 Å². The van der Waals surface area contributed by atoms with Gasteiger partial charge in [0, 0.05) is 6.42 Å². The lowest BCUT2D eigenvalue weighted by molar-refractivity contribution is -0.135. The van der Waals surface area contributed by atoms with Crippen molar-refractivity contribution in [3.8, 4) is 17.1 Å². The highest BCUT2D eigenvalue weighted by Crippen LogP contribution is 2.38. The molecule has 1 heterocycles. The fourth-order valence-electron chi connectivity index (χ4n) is 1.43. The molecule has 0 saturated heterocycles. The Morgan fingerprint density at radius 2 is 2.06 bits per heavy atom. The summed E-state index contributed by atoms with van der Waals surface area (Å²) in [5.74, 6) is -0.0843. The van der Waals surface area contributed by atoms with E-state index in [0.717, 1.165) is 15.6 Å². The number of halogens is 1. The van der Waals surface area contributed by atoms with Crippen LogP contribution in [0.3, 0.4) is 0 Å². The molecule has 0 unspecified atom stereocenters. The van der Waals surface area contributed by atoms with Crippen molar-refractivity contribution in [2.24, 2.45) is 0 Å². The van der Waals surface area contributed by atoms with Gasteiger partial charge in [-0.25, -0.2) is 0 Å². The zero-order valence-corrected chi connectivity index (χ0v) is 10.9. The smallest absolute Gasteiger partial charge is 0.313 e. The van der Waals surface area contributed by atoms with Crippen LogP contribution in [0.25, 0.3) is 11.1 Å². The number of carbonyl (C=O) groups excluding carboxylic acids is 1. The van der Waals surface area contributed by atoms with Crippen molar-refractivity contribution in [1.82, 2.24) is 0 Å². The van der Waals surface area contributed by atoms with Crippen molar-refractivity contribution in [1.29, 1.82) is 0 Å². The van der Waals surface area contributed by atoms with Gasteiger partial charge in [0.25, 0.3) is 0 Å². The second-order valence-electron chi connectivity index (χ2n) is 3.44. The molecule has 0 N–H and O–H groups in total. The van der Waals surface area contributed by atoms with Gasteiger partial charge in [-0.05, 0) is 21.5 Å². The van der Waals surface area contributed by atoms with Crippen LogP contribution >= 0.6 is 15.9 Å². The van der Waals surface area contributed by atoms with E-state index in [1.54, 1.807) is 6.92 Å². The molecule has 1 aromatic heterocycles. The molecule has 0 radical (unpaired) electrons. The molecule has 0 aliphatic carbocycles. The molecule has 0 bridgehead atoms. The van der Waals surface area contributed by atoms with Crippen LogP contribution in [0.2, 0.25) is 0 Å². The Labute approximate surface area is 108 Å². The molecule has 17 heavy (non-hydrogen) atoms. The molecule has 4 heteroatoms. The second kappa shape index (κ2) is 5.19. The van der Waals surface area contributed by atoms with Gasteiger partial charge in [0.1, 0.15) is 6.26 Å². The predicted octanol–water partition coefficient (Wildman–Crippen LogP) is 4.02. The van der Waals surface area contributed by atoms with E-state index in [2.05, 4.69) is 15.9 Å². The maximum absolute atomic E-state index is 11.3. The van der Waals surface area contributed by atoms with Crippen LogP contribution < -0.4 is 4.74 Å². The summed E-state index contributed by atoms with van der Waals surface area (Å²) in [6.07, 6.45) is 1.83. The van der Waals surface area contributed by atoms with Crippen LogP contribution in [0, 0.1) is 0 Å². The molecule has 0 aliphatic rings. The first-order valence-electron chi connectivity index (χ1n) is 5.25. The minimum absolute atomic E-state index is 0.231. The average Bonchev–Trinajstić information content (AvgIpc) is 2.71. The van der Waals surface area contributed by atoms with E-state index < -0.39 is 0 Å². The van der Waals surface area contributed by atoms with Gasteiger partial charge in [-0.3, -0.25) is 4.79 Å². The first kappa shape index (κ1) is 11.9. The predicted molar refractivity (Wildman–Crippen MR) is 67.8 cm³/mol. The van der Waals surface area contributed by atoms with Gasteiger partial charge < -0.3 is 9.15 Å². The highest BCUT2D eigenvalue weighted by Gasteiger charge is 2.17. The minimum atomic E-state index is -0.316. The molecule has 88 valence electrons. The summed E-state index contributed by atoms with van der Waals surface area (Å²) in [5.41, 5.74) is 1.69. The standard InChI is InChI=1S/C13H11BrO3/c1-2-11(15)17-13-12(10(14)8-16-13)9-6-4-3-5-7-9/h3-8H,2H2,1H3. The summed E-state index contributed by atoms with van der Waals surface area (Å²) in [7, 11) is 0. The summed E-state index contributed by atoms with van der Waals surface area (Å²) in [5, 5.41) is 0. The van der Waals surface area contributed by atoms with Gasteiger partial charge in [0.2, 0.25) is 0 Å². The van der Waals surface area contributed by atoms with Crippen molar-refractivity contribution >= 4 is 21.9 Å². The Morgan fingerprint density at radius 1 is 1.35 bits per heavy atom. The zero-order chi connectivity index (χ0) is 12.3. The van der Waals surface area contributed by atoms with Crippen LogP contribution in [0.5, 0.6) is 5.95 Å². The number of benzene rings is 1. The van der Waals surface area contributed by atoms with Gasteiger partial charge >= 0.3 is 11.9 Å². The van der Waals surface area contributed by atoms with Crippen molar-refractivity contribution in [2.45, 2.75) is 13.3 Å². The normalized spacial score (nSPS) is 10.2. The summed E-state index contributed by atoms with van der Waals surface area (Å²) in [4.78, 5) is 11.3. The Balaban J connectivity index is 2.40. The van der Waals surface area contributed by atoms with Gasteiger partial charge in [0.05, 0.1) is 10.0 Å². The Kier molecular flexibility index (Phi) is 3.64. The second-order valence-corrected chi connectivity index (χ2v) is 4.29. The molecular weight excluding hydrogens is 284 g/mol. The highest BCUT2D eigenvalue weighted by atomic mass is 79.9. The molecule has 2 aromatic rings. The Hall–Kier alpha value is -1.55. The summed E-state index contributed by atoms with van der Waals surface area (Å²) < 4.78 is 11.1. The van der Waals surface area contributed by atoms with Gasteiger partial charge in [-0.2, -0.15) is 0 Å². The number of carbonyl (C=O) groups is 1. The van der Waals surface area contributed by atoms with Crippen LogP contribution in [0.15, 0.2) is 45.5 Å². The fourth-order valence-corrected chi connectivity index (χ4v) is 1.92. The highest BCUT2D eigenvalue weighted by molar-refractivity contribution is 9.10. The van der Waals surface area contributed by atoms with E-state index in [1.165, 1.54) is 6.26 Å². The van der Waals surface area contributed by atoms with E-state index in [4.69, 9.17) is 9.15 Å². The molecule has 0 saturated carbocycles. The Bertz CT molecular complexity index is 517. The summed E-state index contributed by atoms with van der Waals surface area (Å²) >= 11 is 3.38. The topological polar surface area (TPSA) is 39.4 Å². The molecule has 1 aromatic carbocycles. The van der Waals surface area contributed by atoms with E-state index in [0.29, 0.717) is 6.42 Å². The average molecular weight is 295 g/mol. The van der Waals surface area contributed by atoms with Crippen LogP contribution in [-0.2, 0) is 4.79 Å². The van der Waals surface area contributed by atoms with Crippen molar-refractivity contribution < 1.29 is 13.9 Å². The summed E-state index contributed by atoms with van der Waals surface area (Å²) in [6.45, 7) is 1.74. The molecule has 0 spiro atoms. The number of ether oxygens (including phenoxy) is 1. The van der Waals surface area contributed by atoms with Crippen LogP contribution in [-0.4, -0.2) is 5.97 Å². The lowest BCUT2D eigenvalue weighted by Crippen LogP contribution is -2.05. The first-order valence-corrected chi connectivity index (χ1v) is 6.04. The zero-order valence-electron chi connectivity index (χ0n) is 9.27. The third kappa shape index (κ3) is 2.58.